The van der Waals surface area contributed by atoms with Crippen LogP contribution in [-0.2, 0) is 0 Å². The number of hydrogen-bond acceptors (Lipinski definition) is 2. The molecule has 0 aliphatic carbocycles. The Morgan fingerprint density at radius 2 is 1.47 bits per heavy atom. The lowest BCUT2D eigenvalue weighted by molar-refractivity contribution is 1.42. The molecule has 2 aromatic rings. The third-order valence-electron chi connectivity index (χ3n) is 2.28. The van der Waals surface area contributed by atoms with Gasteiger partial charge >= 0.3 is 0 Å². The minimum Gasteiger partial charge on any atom is -0.384 e. The van der Waals surface area contributed by atoms with E-state index in [1.165, 1.54) is 7.05 Å². The van der Waals surface area contributed by atoms with Crippen LogP contribution in [0.15, 0.2) is 54.6 Å². The van der Waals surface area contributed by atoms with Gasteiger partial charge in [-0.1, -0.05) is 48.5 Å². The standard InChI is InChI=1S/C13H12N2.CH5N/c14-13(15)12-8-4-7-11(9-12)10-5-2-1-3-6-10;1-2/h1-9H,(H3,14,15);2H2,1H3. The van der Waals surface area contributed by atoms with Crippen LogP contribution in [0.1, 0.15) is 5.56 Å². The van der Waals surface area contributed by atoms with E-state index in [-0.39, 0.29) is 5.84 Å². The average Bonchev–Trinajstić information content (AvgIpc) is 2.42. The molecule has 0 amide bonds. The summed E-state index contributed by atoms with van der Waals surface area (Å²) in [6.45, 7) is 0. The van der Waals surface area contributed by atoms with E-state index >= 15 is 0 Å². The second-order valence-corrected chi connectivity index (χ2v) is 3.36. The Kier molecular flexibility index (Phi) is 4.91. The number of nitrogens with two attached hydrogens (primary N) is 2. The molecular formula is C14H17N3. The molecule has 0 spiro atoms. The van der Waals surface area contributed by atoms with E-state index in [0.717, 1.165) is 16.7 Å². The Morgan fingerprint density at radius 3 is 2.06 bits per heavy atom. The van der Waals surface area contributed by atoms with Crippen LogP contribution in [0.25, 0.3) is 11.1 Å². The van der Waals surface area contributed by atoms with Crippen molar-refractivity contribution in [2.45, 2.75) is 0 Å². The van der Waals surface area contributed by atoms with Gasteiger partial charge in [-0.3, -0.25) is 5.41 Å². The minimum absolute atomic E-state index is 0.104. The molecule has 2 aromatic carbocycles. The first-order chi connectivity index (χ1) is 8.27. The van der Waals surface area contributed by atoms with Crippen LogP contribution in [-0.4, -0.2) is 12.9 Å². The fourth-order valence-corrected chi connectivity index (χ4v) is 1.50. The van der Waals surface area contributed by atoms with Crippen molar-refractivity contribution in [3.63, 3.8) is 0 Å². The molecule has 0 radical (unpaired) electrons. The highest BCUT2D eigenvalue weighted by Crippen LogP contribution is 2.19. The van der Waals surface area contributed by atoms with E-state index in [2.05, 4.69) is 5.73 Å². The van der Waals surface area contributed by atoms with E-state index in [1.54, 1.807) is 0 Å². The quantitative estimate of drug-likeness (QED) is 0.543. The van der Waals surface area contributed by atoms with E-state index in [9.17, 15) is 0 Å². The molecule has 5 N–H and O–H groups in total. The summed E-state index contributed by atoms with van der Waals surface area (Å²) < 4.78 is 0. The summed E-state index contributed by atoms with van der Waals surface area (Å²) in [6.07, 6.45) is 0. The lowest BCUT2D eigenvalue weighted by Crippen LogP contribution is -2.10. The van der Waals surface area contributed by atoms with Crippen LogP contribution in [0.2, 0.25) is 0 Å². The summed E-state index contributed by atoms with van der Waals surface area (Å²) in [5.74, 6) is 0.104. The van der Waals surface area contributed by atoms with Crippen molar-refractivity contribution in [3.8, 4) is 11.1 Å². The van der Waals surface area contributed by atoms with Crippen molar-refractivity contribution < 1.29 is 0 Å². The van der Waals surface area contributed by atoms with Crippen molar-refractivity contribution in [3.05, 3.63) is 60.2 Å². The molecule has 0 unspecified atom stereocenters. The van der Waals surface area contributed by atoms with Gasteiger partial charge in [0, 0.05) is 5.56 Å². The summed E-state index contributed by atoms with van der Waals surface area (Å²) in [4.78, 5) is 0. The van der Waals surface area contributed by atoms with Crippen molar-refractivity contribution >= 4 is 5.84 Å². The van der Waals surface area contributed by atoms with E-state index in [4.69, 9.17) is 11.1 Å². The first-order valence-electron chi connectivity index (χ1n) is 5.35. The maximum Gasteiger partial charge on any atom is 0.122 e. The second-order valence-electron chi connectivity index (χ2n) is 3.36. The zero-order valence-electron chi connectivity index (χ0n) is 9.85. The van der Waals surface area contributed by atoms with Gasteiger partial charge in [0.05, 0.1) is 0 Å². The molecule has 0 atom stereocenters. The molecule has 0 aliphatic heterocycles. The van der Waals surface area contributed by atoms with Gasteiger partial charge in [0.25, 0.3) is 0 Å². The van der Waals surface area contributed by atoms with Crippen LogP contribution < -0.4 is 11.5 Å². The summed E-state index contributed by atoms with van der Waals surface area (Å²) in [5, 5.41) is 7.37. The fraction of sp³-hybridized carbons (Fsp3) is 0.0714. The molecule has 17 heavy (non-hydrogen) atoms. The first kappa shape index (κ1) is 12.9. The Labute approximate surface area is 102 Å². The van der Waals surface area contributed by atoms with Gasteiger partial charge in [-0.25, -0.2) is 0 Å². The molecule has 3 heteroatoms. The smallest absolute Gasteiger partial charge is 0.122 e. The molecule has 0 heterocycles. The van der Waals surface area contributed by atoms with Crippen LogP contribution >= 0.6 is 0 Å². The van der Waals surface area contributed by atoms with Crippen LogP contribution in [0.5, 0.6) is 0 Å². The van der Waals surface area contributed by atoms with Crippen molar-refractivity contribution in [2.24, 2.45) is 11.5 Å². The summed E-state index contributed by atoms with van der Waals surface area (Å²) in [6, 6.07) is 17.8. The molecule has 0 bridgehead atoms. The Morgan fingerprint density at radius 1 is 0.882 bits per heavy atom. The van der Waals surface area contributed by atoms with Crippen LogP contribution in [0.4, 0.5) is 0 Å². The van der Waals surface area contributed by atoms with E-state index < -0.39 is 0 Å². The molecule has 0 fully saturated rings. The predicted molar refractivity (Wildman–Crippen MR) is 73.0 cm³/mol. The van der Waals surface area contributed by atoms with Crippen LogP contribution in [0.3, 0.4) is 0 Å². The van der Waals surface area contributed by atoms with Crippen molar-refractivity contribution in [1.82, 2.24) is 0 Å². The summed E-state index contributed by atoms with van der Waals surface area (Å²) in [5.41, 5.74) is 12.9. The number of nitrogen functional groups attached to an aromatic ring is 1. The molecule has 0 saturated heterocycles. The largest absolute Gasteiger partial charge is 0.384 e. The van der Waals surface area contributed by atoms with E-state index in [0.29, 0.717) is 0 Å². The molecule has 0 aromatic heterocycles. The molecule has 0 aliphatic rings. The van der Waals surface area contributed by atoms with Crippen LogP contribution in [0, 0.1) is 5.41 Å². The van der Waals surface area contributed by atoms with Gasteiger partial charge in [-0.15, -0.1) is 0 Å². The highest BCUT2D eigenvalue weighted by atomic mass is 14.7. The predicted octanol–water partition coefficient (Wildman–Crippen LogP) is 2.21. The maximum atomic E-state index is 7.37. The van der Waals surface area contributed by atoms with Gasteiger partial charge in [0.2, 0.25) is 0 Å². The summed E-state index contributed by atoms with van der Waals surface area (Å²) >= 11 is 0. The van der Waals surface area contributed by atoms with Crippen molar-refractivity contribution in [2.75, 3.05) is 7.05 Å². The highest BCUT2D eigenvalue weighted by Gasteiger charge is 1.99. The minimum atomic E-state index is 0.104. The van der Waals surface area contributed by atoms with Gasteiger partial charge < -0.3 is 11.5 Å². The topological polar surface area (TPSA) is 75.9 Å². The fourth-order valence-electron chi connectivity index (χ4n) is 1.50. The van der Waals surface area contributed by atoms with Gasteiger partial charge in [0.15, 0.2) is 0 Å². The molecule has 0 saturated carbocycles. The molecule has 2 rings (SSSR count). The summed E-state index contributed by atoms with van der Waals surface area (Å²) in [7, 11) is 1.50. The maximum absolute atomic E-state index is 7.37. The highest BCUT2D eigenvalue weighted by molar-refractivity contribution is 5.96. The first-order valence-corrected chi connectivity index (χ1v) is 5.35. The molecule has 88 valence electrons. The Hall–Kier alpha value is -2.13. The lowest BCUT2D eigenvalue weighted by atomic mass is 10.0. The Balaban J connectivity index is 0.000000686. The number of hydrogen-bond donors (Lipinski definition) is 3. The monoisotopic (exact) mass is 227 g/mol. The normalized spacial score (nSPS) is 9.06. The van der Waals surface area contributed by atoms with Gasteiger partial charge in [0.1, 0.15) is 5.84 Å². The number of nitrogens with one attached hydrogen (secondary N) is 1. The second kappa shape index (κ2) is 6.45. The average molecular weight is 227 g/mol. The zero-order valence-corrected chi connectivity index (χ0v) is 9.85. The van der Waals surface area contributed by atoms with Crippen molar-refractivity contribution in [1.29, 1.82) is 5.41 Å². The van der Waals surface area contributed by atoms with Gasteiger partial charge in [-0.05, 0) is 24.2 Å². The third-order valence-corrected chi connectivity index (χ3v) is 2.28. The third kappa shape index (κ3) is 3.43. The number of benzene rings is 2. The molecular weight excluding hydrogens is 210 g/mol. The zero-order chi connectivity index (χ0) is 12.7. The number of rotatable bonds is 2. The number of amidine groups is 1. The Bertz CT molecular complexity index is 478. The van der Waals surface area contributed by atoms with E-state index in [1.807, 2.05) is 54.6 Å². The van der Waals surface area contributed by atoms with Gasteiger partial charge in [-0.2, -0.15) is 0 Å². The molecule has 3 nitrogen and oxygen atoms in total. The lowest BCUT2D eigenvalue weighted by Gasteiger charge is -2.03. The SMILES string of the molecule is CN.N=C(N)c1cccc(-c2ccccc2)c1.